The van der Waals surface area contributed by atoms with Crippen LogP contribution in [0.25, 0.3) is 0 Å². The highest BCUT2D eigenvalue weighted by Gasteiger charge is 2.15. The Morgan fingerprint density at radius 3 is 2.59 bits per heavy atom. The summed E-state index contributed by atoms with van der Waals surface area (Å²) in [5, 5.41) is 7.67. The molecule has 1 aromatic rings. The van der Waals surface area contributed by atoms with Crippen molar-refractivity contribution in [3.8, 4) is 0 Å². The molecule has 0 spiro atoms. The van der Waals surface area contributed by atoms with Crippen LogP contribution >= 0.6 is 0 Å². The van der Waals surface area contributed by atoms with E-state index in [1.807, 2.05) is 11.7 Å². The molecule has 0 aliphatic heterocycles. The average Bonchev–Trinajstić information content (AvgIpc) is 2.76. The highest BCUT2D eigenvalue weighted by atomic mass is 15.3. The van der Waals surface area contributed by atoms with E-state index in [0.717, 1.165) is 18.2 Å². The summed E-state index contributed by atoms with van der Waals surface area (Å²) in [4.78, 5) is 4.37. The molecule has 0 radical (unpaired) electrons. The predicted molar refractivity (Wildman–Crippen MR) is 71.0 cm³/mol. The molecule has 1 N–H and O–H groups in total. The lowest BCUT2D eigenvalue weighted by Crippen LogP contribution is -2.31. The van der Waals surface area contributed by atoms with Crippen molar-refractivity contribution in [3.05, 3.63) is 12.2 Å². The topological polar surface area (TPSA) is 42.7 Å². The number of hydrogen-bond acceptors (Lipinski definition) is 3. The van der Waals surface area contributed by atoms with E-state index in [1.54, 1.807) is 6.33 Å². The van der Waals surface area contributed by atoms with Crippen LogP contribution in [-0.4, -0.2) is 27.9 Å². The third-order valence-electron chi connectivity index (χ3n) is 3.36. The number of nitrogens with zero attached hydrogens (tertiary/aromatic N) is 3. The van der Waals surface area contributed by atoms with E-state index in [-0.39, 0.29) is 0 Å². The summed E-state index contributed by atoms with van der Waals surface area (Å²) in [6, 6.07) is 0.875. The second kappa shape index (κ2) is 6.74. The maximum Gasteiger partial charge on any atom is 0.138 e. The van der Waals surface area contributed by atoms with Crippen LogP contribution in [0.3, 0.4) is 0 Å². The van der Waals surface area contributed by atoms with Crippen LogP contribution in [0.1, 0.15) is 52.4 Å². The molecule has 1 aromatic heterocycles. The van der Waals surface area contributed by atoms with E-state index < -0.39 is 0 Å². The Bertz CT molecular complexity index is 319. The third-order valence-corrected chi connectivity index (χ3v) is 3.36. The van der Waals surface area contributed by atoms with Crippen LogP contribution in [0, 0.1) is 5.92 Å². The molecule has 0 saturated carbocycles. The van der Waals surface area contributed by atoms with Gasteiger partial charge in [0.25, 0.3) is 0 Å². The lowest BCUT2D eigenvalue weighted by molar-refractivity contribution is 0.393. The van der Waals surface area contributed by atoms with Gasteiger partial charge in [-0.25, -0.2) is 9.67 Å². The minimum absolute atomic E-state index is 0.383. The third kappa shape index (κ3) is 4.11. The molecule has 2 unspecified atom stereocenters. The minimum Gasteiger partial charge on any atom is -0.317 e. The van der Waals surface area contributed by atoms with Crippen molar-refractivity contribution in [1.82, 2.24) is 20.1 Å². The van der Waals surface area contributed by atoms with Crippen molar-refractivity contribution in [2.24, 2.45) is 5.92 Å². The molecule has 0 saturated heterocycles. The molecule has 4 heteroatoms. The molecule has 0 amide bonds. The summed E-state index contributed by atoms with van der Waals surface area (Å²) in [5.41, 5.74) is 0. The van der Waals surface area contributed by atoms with Gasteiger partial charge in [-0.05, 0) is 33.2 Å². The van der Waals surface area contributed by atoms with E-state index in [9.17, 15) is 0 Å². The van der Waals surface area contributed by atoms with Gasteiger partial charge in [-0.1, -0.05) is 20.3 Å². The van der Waals surface area contributed by atoms with Crippen molar-refractivity contribution in [2.75, 3.05) is 7.05 Å². The summed E-state index contributed by atoms with van der Waals surface area (Å²) >= 11 is 0. The molecule has 0 aliphatic carbocycles. The minimum atomic E-state index is 0.383. The zero-order valence-corrected chi connectivity index (χ0v) is 11.8. The van der Waals surface area contributed by atoms with Crippen LogP contribution in [-0.2, 0) is 6.42 Å². The fourth-order valence-electron chi connectivity index (χ4n) is 2.03. The van der Waals surface area contributed by atoms with Crippen LogP contribution in [0.4, 0.5) is 0 Å². The zero-order chi connectivity index (χ0) is 12.8. The van der Waals surface area contributed by atoms with E-state index in [2.05, 4.69) is 43.1 Å². The molecule has 98 valence electrons. The van der Waals surface area contributed by atoms with Crippen LogP contribution < -0.4 is 5.32 Å². The Labute approximate surface area is 105 Å². The molecule has 0 aliphatic rings. The standard InChI is InChI=1S/C13H26N4/c1-6-11(4)7-12(14-5)8-13-15-9-16-17(13)10(2)3/h9-12,14H,6-8H2,1-5H3. The number of hydrogen-bond donors (Lipinski definition) is 1. The molecule has 0 fully saturated rings. The molecule has 0 aromatic carbocycles. The van der Waals surface area contributed by atoms with Crippen molar-refractivity contribution < 1.29 is 0 Å². The summed E-state index contributed by atoms with van der Waals surface area (Å²) in [7, 11) is 2.03. The van der Waals surface area contributed by atoms with Gasteiger partial charge >= 0.3 is 0 Å². The summed E-state index contributed by atoms with van der Waals surface area (Å²) in [6.45, 7) is 8.83. The van der Waals surface area contributed by atoms with Crippen molar-refractivity contribution >= 4 is 0 Å². The monoisotopic (exact) mass is 238 g/mol. The average molecular weight is 238 g/mol. The first-order chi connectivity index (χ1) is 8.08. The molecule has 1 rings (SSSR count). The second-order valence-electron chi connectivity index (χ2n) is 5.15. The summed E-state index contributed by atoms with van der Waals surface area (Å²) in [6.07, 6.45) is 5.04. The van der Waals surface area contributed by atoms with Gasteiger partial charge < -0.3 is 5.32 Å². The van der Waals surface area contributed by atoms with Gasteiger partial charge in [0.15, 0.2) is 0 Å². The molecule has 4 nitrogen and oxygen atoms in total. The molecular formula is C13H26N4. The zero-order valence-electron chi connectivity index (χ0n) is 11.8. The van der Waals surface area contributed by atoms with Gasteiger partial charge in [0, 0.05) is 18.5 Å². The van der Waals surface area contributed by atoms with Crippen molar-refractivity contribution in [3.63, 3.8) is 0 Å². The van der Waals surface area contributed by atoms with E-state index >= 15 is 0 Å². The van der Waals surface area contributed by atoms with Crippen LogP contribution in [0.15, 0.2) is 6.33 Å². The number of nitrogens with one attached hydrogen (secondary N) is 1. The Balaban J connectivity index is 2.64. The number of likely N-dealkylation sites (N-methyl/N-ethyl adjacent to an activating group) is 1. The molecule has 1 heterocycles. The SMILES string of the molecule is CCC(C)CC(Cc1ncnn1C(C)C)NC. The van der Waals surface area contributed by atoms with Gasteiger partial charge in [-0.3, -0.25) is 0 Å². The van der Waals surface area contributed by atoms with Crippen molar-refractivity contribution in [1.29, 1.82) is 0 Å². The van der Waals surface area contributed by atoms with Gasteiger partial charge in [0.05, 0.1) is 0 Å². The first kappa shape index (κ1) is 14.2. The molecule has 0 bridgehead atoms. The largest absolute Gasteiger partial charge is 0.317 e. The maximum absolute atomic E-state index is 4.37. The van der Waals surface area contributed by atoms with Gasteiger partial charge in [-0.15, -0.1) is 0 Å². The normalized spacial score (nSPS) is 15.2. The highest BCUT2D eigenvalue weighted by Crippen LogP contribution is 2.14. The van der Waals surface area contributed by atoms with Gasteiger partial charge in [0.1, 0.15) is 12.2 Å². The van der Waals surface area contributed by atoms with Crippen molar-refractivity contribution in [2.45, 2.75) is 59.0 Å². The first-order valence-corrected chi connectivity index (χ1v) is 6.64. The summed E-state index contributed by atoms with van der Waals surface area (Å²) in [5.74, 6) is 1.84. The first-order valence-electron chi connectivity index (χ1n) is 6.64. The van der Waals surface area contributed by atoms with E-state index in [0.29, 0.717) is 12.1 Å². The molecule has 17 heavy (non-hydrogen) atoms. The fraction of sp³-hybridized carbons (Fsp3) is 0.846. The lowest BCUT2D eigenvalue weighted by Gasteiger charge is -2.20. The predicted octanol–water partition coefficient (Wildman–Crippen LogP) is 2.43. The quantitative estimate of drug-likeness (QED) is 0.793. The Morgan fingerprint density at radius 2 is 2.06 bits per heavy atom. The maximum atomic E-state index is 4.37. The number of aromatic nitrogens is 3. The fourth-order valence-corrected chi connectivity index (χ4v) is 2.03. The Morgan fingerprint density at radius 1 is 1.35 bits per heavy atom. The van der Waals surface area contributed by atoms with E-state index in [4.69, 9.17) is 0 Å². The smallest absolute Gasteiger partial charge is 0.138 e. The van der Waals surface area contributed by atoms with Crippen LogP contribution in [0.2, 0.25) is 0 Å². The number of rotatable bonds is 7. The second-order valence-corrected chi connectivity index (χ2v) is 5.15. The Kier molecular flexibility index (Phi) is 5.62. The van der Waals surface area contributed by atoms with Gasteiger partial charge in [0.2, 0.25) is 0 Å². The lowest BCUT2D eigenvalue weighted by atomic mass is 9.97. The van der Waals surface area contributed by atoms with Gasteiger partial charge in [-0.2, -0.15) is 5.10 Å². The molecular weight excluding hydrogens is 212 g/mol. The summed E-state index contributed by atoms with van der Waals surface area (Å²) < 4.78 is 2.01. The molecule has 2 atom stereocenters. The Hall–Kier alpha value is -0.900. The van der Waals surface area contributed by atoms with E-state index in [1.165, 1.54) is 12.8 Å². The highest BCUT2D eigenvalue weighted by molar-refractivity contribution is 4.91. The van der Waals surface area contributed by atoms with Crippen LogP contribution in [0.5, 0.6) is 0 Å².